The van der Waals surface area contributed by atoms with E-state index in [1.807, 2.05) is 36.4 Å². The molecule has 3 aromatic carbocycles. The van der Waals surface area contributed by atoms with Gasteiger partial charge in [0.15, 0.2) is 0 Å². The van der Waals surface area contributed by atoms with Crippen molar-refractivity contribution in [2.45, 2.75) is 4.90 Å². The molecule has 0 saturated heterocycles. The van der Waals surface area contributed by atoms with Crippen molar-refractivity contribution in [2.75, 3.05) is 11.9 Å². The zero-order valence-corrected chi connectivity index (χ0v) is 17.5. The van der Waals surface area contributed by atoms with Gasteiger partial charge in [0.05, 0.1) is 10.7 Å². The Hall–Kier alpha value is -3.43. The lowest BCUT2D eigenvalue weighted by atomic mass is 10.0. The number of thioether (sulfide) groups is 1. The van der Waals surface area contributed by atoms with Crippen LogP contribution in [0.15, 0.2) is 125 Å². The van der Waals surface area contributed by atoms with Crippen LogP contribution >= 0.6 is 11.8 Å². The third kappa shape index (κ3) is 3.72. The van der Waals surface area contributed by atoms with Crippen molar-refractivity contribution in [2.24, 2.45) is 0 Å². The van der Waals surface area contributed by atoms with Crippen molar-refractivity contribution >= 4 is 29.0 Å². The Balaban J connectivity index is 1.52. The first-order valence-electron chi connectivity index (χ1n) is 9.93. The Kier molecular flexibility index (Phi) is 5.04. The highest BCUT2D eigenvalue weighted by Gasteiger charge is 2.21. The molecule has 0 aromatic heterocycles. The second-order valence-corrected chi connectivity index (χ2v) is 8.21. The van der Waals surface area contributed by atoms with Gasteiger partial charge in [-0.05, 0) is 35.9 Å². The number of rotatable bonds is 3. The fourth-order valence-electron chi connectivity index (χ4n) is 3.54. The number of fused-ring (bicyclic) bond motifs is 1. The van der Waals surface area contributed by atoms with Gasteiger partial charge < -0.3 is 9.64 Å². The molecule has 0 bridgehead atoms. The van der Waals surface area contributed by atoms with E-state index in [2.05, 4.69) is 84.8 Å². The van der Waals surface area contributed by atoms with Crippen LogP contribution < -0.4 is 4.90 Å². The Bertz CT molecular complexity index is 1130. The summed E-state index contributed by atoms with van der Waals surface area (Å²) in [5.41, 5.74) is 4.49. The molecule has 5 rings (SSSR count). The molecular formula is C27H21NOS. The predicted octanol–water partition coefficient (Wildman–Crippen LogP) is 7.11. The number of anilines is 1. The van der Waals surface area contributed by atoms with Crippen molar-refractivity contribution in [3.05, 3.63) is 131 Å². The standard InChI is InChI=1S/C27H21NOS/c1-28-23-14-8-9-15-26(23)30-27(28)17-16-20-18-24(21-10-4-2-5-11-21)29-25(19-20)22-12-6-3-7-13-22/h2-19H,1H3/b27-17-. The van der Waals surface area contributed by atoms with Crippen LogP contribution in [-0.2, 0) is 4.74 Å². The smallest absolute Gasteiger partial charge is 0.135 e. The van der Waals surface area contributed by atoms with E-state index in [1.165, 1.54) is 15.6 Å². The zero-order chi connectivity index (χ0) is 20.3. The molecule has 0 atom stereocenters. The van der Waals surface area contributed by atoms with Crippen LogP contribution in [0.5, 0.6) is 0 Å². The average molecular weight is 408 g/mol. The van der Waals surface area contributed by atoms with Crippen LogP contribution in [-0.4, -0.2) is 7.05 Å². The van der Waals surface area contributed by atoms with Crippen molar-refractivity contribution < 1.29 is 4.74 Å². The van der Waals surface area contributed by atoms with Gasteiger partial charge in [0.2, 0.25) is 0 Å². The predicted molar refractivity (Wildman–Crippen MR) is 127 cm³/mol. The summed E-state index contributed by atoms with van der Waals surface area (Å²) in [6.45, 7) is 0. The minimum atomic E-state index is 0.859. The van der Waals surface area contributed by atoms with E-state index in [0.29, 0.717) is 0 Å². The van der Waals surface area contributed by atoms with Crippen LogP contribution in [0.3, 0.4) is 0 Å². The van der Waals surface area contributed by atoms with Crippen molar-refractivity contribution in [1.29, 1.82) is 0 Å². The van der Waals surface area contributed by atoms with Gasteiger partial charge in [-0.3, -0.25) is 0 Å². The van der Waals surface area contributed by atoms with Crippen LogP contribution in [0.1, 0.15) is 11.1 Å². The lowest BCUT2D eigenvalue weighted by Gasteiger charge is -2.19. The monoisotopic (exact) mass is 407 g/mol. The van der Waals surface area contributed by atoms with Gasteiger partial charge in [-0.2, -0.15) is 0 Å². The first kappa shape index (κ1) is 18.6. The summed E-state index contributed by atoms with van der Waals surface area (Å²) in [7, 11) is 2.11. The van der Waals surface area contributed by atoms with E-state index in [-0.39, 0.29) is 0 Å². The molecule has 2 aliphatic rings. The number of hydrogen-bond acceptors (Lipinski definition) is 3. The SMILES string of the molecule is CN1/C(=C/C=C2C=C(c3ccccc3)OC(c3ccccc3)=C2)Sc2ccccc21. The zero-order valence-electron chi connectivity index (χ0n) is 16.7. The molecular weight excluding hydrogens is 386 g/mol. The van der Waals surface area contributed by atoms with Crippen LogP contribution in [0.25, 0.3) is 11.5 Å². The lowest BCUT2D eigenvalue weighted by molar-refractivity contribution is 0.467. The number of nitrogens with zero attached hydrogens (tertiary/aromatic N) is 1. The minimum Gasteiger partial charge on any atom is -0.456 e. The molecule has 0 radical (unpaired) electrons. The Labute approximate surface area is 181 Å². The molecule has 2 aliphatic heterocycles. The van der Waals surface area contributed by atoms with E-state index >= 15 is 0 Å². The highest BCUT2D eigenvalue weighted by Crippen LogP contribution is 2.44. The quantitative estimate of drug-likeness (QED) is 0.459. The number of ether oxygens (including phenoxy) is 1. The summed E-state index contributed by atoms with van der Waals surface area (Å²) >= 11 is 1.80. The van der Waals surface area contributed by atoms with Gasteiger partial charge in [-0.1, -0.05) is 90.6 Å². The highest BCUT2D eigenvalue weighted by molar-refractivity contribution is 8.03. The van der Waals surface area contributed by atoms with Crippen molar-refractivity contribution in [1.82, 2.24) is 0 Å². The third-order valence-corrected chi connectivity index (χ3v) is 6.31. The second-order valence-electron chi connectivity index (χ2n) is 7.15. The molecule has 0 spiro atoms. The Morgan fingerprint density at radius 2 is 1.27 bits per heavy atom. The molecule has 0 amide bonds. The molecule has 3 aromatic rings. The molecule has 0 fully saturated rings. The molecule has 0 aliphatic carbocycles. The maximum absolute atomic E-state index is 6.28. The van der Waals surface area contributed by atoms with Gasteiger partial charge in [0, 0.05) is 23.1 Å². The van der Waals surface area contributed by atoms with Crippen LogP contribution in [0.2, 0.25) is 0 Å². The van der Waals surface area contributed by atoms with E-state index < -0.39 is 0 Å². The molecule has 146 valence electrons. The van der Waals surface area contributed by atoms with Gasteiger partial charge in [0.25, 0.3) is 0 Å². The number of hydrogen-bond donors (Lipinski definition) is 0. The number of para-hydroxylation sites is 1. The van der Waals surface area contributed by atoms with E-state index in [9.17, 15) is 0 Å². The fraction of sp³-hybridized carbons (Fsp3) is 0.0370. The fourth-order valence-corrected chi connectivity index (χ4v) is 4.59. The Morgan fingerprint density at radius 1 is 0.700 bits per heavy atom. The minimum absolute atomic E-state index is 0.859. The molecule has 30 heavy (non-hydrogen) atoms. The van der Waals surface area contributed by atoms with Crippen molar-refractivity contribution in [3.8, 4) is 0 Å². The van der Waals surface area contributed by atoms with E-state index in [0.717, 1.165) is 28.2 Å². The van der Waals surface area contributed by atoms with E-state index in [4.69, 9.17) is 4.74 Å². The number of allylic oxidation sites excluding steroid dienone is 5. The molecule has 0 saturated carbocycles. The summed E-state index contributed by atoms with van der Waals surface area (Å²) < 4.78 is 6.28. The van der Waals surface area contributed by atoms with Crippen LogP contribution in [0.4, 0.5) is 5.69 Å². The first-order chi connectivity index (χ1) is 14.8. The summed E-state index contributed by atoms with van der Waals surface area (Å²) in [5.74, 6) is 1.72. The average Bonchev–Trinajstić information content (AvgIpc) is 3.14. The summed E-state index contributed by atoms with van der Waals surface area (Å²) in [6, 6.07) is 29.0. The van der Waals surface area contributed by atoms with Gasteiger partial charge in [-0.25, -0.2) is 0 Å². The van der Waals surface area contributed by atoms with Gasteiger partial charge in [-0.15, -0.1) is 0 Å². The molecule has 2 nitrogen and oxygen atoms in total. The topological polar surface area (TPSA) is 12.5 Å². The normalized spacial score (nSPS) is 16.6. The second kappa shape index (κ2) is 8.13. The maximum Gasteiger partial charge on any atom is 0.135 e. The maximum atomic E-state index is 6.28. The van der Waals surface area contributed by atoms with Gasteiger partial charge in [0.1, 0.15) is 11.5 Å². The largest absolute Gasteiger partial charge is 0.456 e. The molecule has 3 heteroatoms. The molecule has 0 unspecified atom stereocenters. The Morgan fingerprint density at radius 3 is 1.87 bits per heavy atom. The lowest BCUT2D eigenvalue weighted by Crippen LogP contribution is -2.09. The summed E-state index contributed by atoms with van der Waals surface area (Å²) in [4.78, 5) is 3.53. The molecule has 2 heterocycles. The summed E-state index contributed by atoms with van der Waals surface area (Å²) in [5, 5.41) is 1.21. The number of benzene rings is 3. The van der Waals surface area contributed by atoms with E-state index in [1.54, 1.807) is 11.8 Å². The summed E-state index contributed by atoms with van der Waals surface area (Å²) in [6.07, 6.45) is 8.56. The highest BCUT2D eigenvalue weighted by atomic mass is 32.2. The van der Waals surface area contributed by atoms with Crippen molar-refractivity contribution in [3.63, 3.8) is 0 Å². The first-order valence-corrected chi connectivity index (χ1v) is 10.7. The third-order valence-electron chi connectivity index (χ3n) is 5.12. The van der Waals surface area contributed by atoms with Gasteiger partial charge >= 0.3 is 0 Å². The van der Waals surface area contributed by atoms with Crippen LogP contribution in [0, 0.1) is 0 Å². The molecule has 0 N–H and O–H groups in total.